The predicted molar refractivity (Wildman–Crippen MR) is 104 cm³/mol. The van der Waals surface area contributed by atoms with Crippen molar-refractivity contribution in [2.24, 2.45) is 5.92 Å². The Morgan fingerprint density at radius 2 is 2.15 bits per heavy atom. The number of ether oxygens (including phenoxy) is 1. The highest BCUT2D eigenvalue weighted by molar-refractivity contribution is 6.12. The maximum absolute atomic E-state index is 12.8. The molecule has 1 N–H and O–H groups in total. The molecule has 0 spiro atoms. The largest absolute Gasteiger partial charge is 0.495 e. The molecule has 1 saturated heterocycles. The molecule has 6 nitrogen and oxygen atoms in total. The van der Waals surface area contributed by atoms with E-state index in [0.717, 1.165) is 16.4 Å². The minimum atomic E-state index is -0.693. The Morgan fingerprint density at radius 1 is 1.33 bits per heavy atom. The zero-order chi connectivity index (χ0) is 19.0. The average Bonchev–Trinajstić information content (AvgIpc) is 3.24. The number of carbonyl (C=O) groups excluding carboxylic acids is 2. The predicted octanol–water partition coefficient (Wildman–Crippen LogP) is 3.25. The van der Waals surface area contributed by atoms with Crippen LogP contribution >= 0.6 is 0 Å². The molecule has 1 aliphatic heterocycles. The van der Waals surface area contributed by atoms with Crippen LogP contribution in [0.1, 0.15) is 6.42 Å². The number of furan rings is 1. The van der Waals surface area contributed by atoms with Gasteiger partial charge in [0.25, 0.3) is 0 Å². The molecule has 1 aliphatic rings. The van der Waals surface area contributed by atoms with Gasteiger partial charge in [-0.05, 0) is 18.6 Å². The summed E-state index contributed by atoms with van der Waals surface area (Å²) in [6, 6.07) is 11.5. The fourth-order valence-corrected chi connectivity index (χ4v) is 3.57. The van der Waals surface area contributed by atoms with Gasteiger partial charge in [0.15, 0.2) is 0 Å². The lowest BCUT2D eigenvalue weighted by Gasteiger charge is -2.19. The van der Waals surface area contributed by atoms with E-state index in [1.807, 2.05) is 36.4 Å². The summed E-state index contributed by atoms with van der Waals surface area (Å²) in [5, 5.41) is 4.62. The zero-order valence-corrected chi connectivity index (χ0v) is 15.0. The van der Waals surface area contributed by atoms with Crippen LogP contribution in [-0.4, -0.2) is 32.0 Å². The quantitative estimate of drug-likeness (QED) is 0.557. The average molecular weight is 364 g/mol. The standard InChI is InChI=1S/C21H20N2O4/c1-3-9-22-20(24)14-8-10-23(21(14)25)16-12-18-15(11-19(16)26-2)13-6-4-5-7-17(13)27-18/h3-7,11-12,14H,1,8-10H2,2H3,(H,22,24). The first-order valence-electron chi connectivity index (χ1n) is 8.83. The third kappa shape index (κ3) is 2.83. The summed E-state index contributed by atoms with van der Waals surface area (Å²) >= 11 is 0. The molecule has 0 saturated carbocycles. The van der Waals surface area contributed by atoms with Crippen LogP contribution in [0.25, 0.3) is 21.9 Å². The second-order valence-corrected chi connectivity index (χ2v) is 6.48. The molecule has 0 aliphatic carbocycles. The summed E-state index contributed by atoms with van der Waals surface area (Å²) in [5.74, 6) is -0.618. The van der Waals surface area contributed by atoms with Gasteiger partial charge in [0.1, 0.15) is 22.8 Å². The number of methoxy groups -OCH3 is 1. The van der Waals surface area contributed by atoms with Gasteiger partial charge in [0, 0.05) is 29.9 Å². The number of nitrogens with zero attached hydrogens (tertiary/aromatic N) is 1. The molecular formula is C21H20N2O4. The van der Waals surface area contributed by atoms with Gasteiger partial charge in [0.2, 0.25) is 11.8 Å². The van der Waals surface area contributed by atoms with Crippen molar-refractivity contribution in [3.05, 3.63) is 49.1 Å². The number of benzene rings is 2. The third-order valence-corrected chi connectivity index (χ3v) is 4.91. The molecule has 4 rings (SSSR count). The number of amides is 2. The molecule has 2 heterocycles. The number of nitrogens with one attached hydrogen (secondary N) is 1. The van der Waals surface area contributed by atoms with Crippen molar-refractivity contribution in [2.75, 3.05) is 25.1 Å². The number of carbonyl (C=O) groups is 2. The van der Waals surface area contributed by atoms with Gasteiger partial charge in [-0.1, -0.05) is 24.3 Å². The summed E-state index contributed by atoms with van der Waals surface area (Å²) in [7, 11) is 1.57. The highest BCUT2D eigenvalue weighted by Gasteiger charge is 2.38. The van der Waals surface area contributed by atoms with Gasteiger partial charge in [-0.15, -0.1) is 6.58 Å². The number of rotatable bonds is 5. The Bertz CT molecular complexity index is 1050. The second-order valence-electron chi connectivity index (χ2n) is 6.48. The first kappa shape index (κ1) is 17.1. The minimum Gasteiger partial charge on any atom is -0.495 e. The highest BCUT2D eigenvalue weighted by Crippen LogP contribution is 2.40. The lowest BCUT2D eigenvalue weighted by molar-refractivity contribution is -0.131. The van der Waals surface area contributed by atoms with Gasteiger partial charge in [0.05, 0.1) is 12.8 Å². The maximum Gasteiger partial charge on any atom is 0.239 e. The van der Waals surface area contributed by atoms with E-state index >= 15 is 0 Å². The molecule has 1 aromatic heterocycles. The van der Waals surface area contributed by atoms with Crippen LogP contribution in [0.5, 0.6) is 5.75 Å². The molecule has 2 aromatic carbocycles. The Morgan fingerprint density at radius 3 is 2.93 bits per heavy atom. The Balaban J connectivity index is 1.73. The van der Waals surface area contributed by atoms with Crippen LogP contribution < -0.4 is 15.0 Å². The van der Waals surface area contributed by atoms with Crippen molar-refractivity contribution in [1.29, 1.82) is 0 Å². The van der Waals surface area contributed by atoms with E-state index in [1.165, 1.54) is 0 Å². The monoisotopic (exact) mass is 364 g/mol. The van der Waals surface area contributed by atoms with E-state index in [9.17, 15) is 9.59 Å². The van der Waals surface area contributed by atoms with Gasteiger partial charge in [-0.2, -0.15) is 0 Å². The Labute approximate surface area is 156 Å². The van der Waals surface area contributed by atoms with Gasteiger partial charge in [-0.25, -0.2) is 0 Å². The van der Waals surface area contributed by atoms with Gasteiger partial charge in [-0.3, -0.25) is 9.59 Å². The molecule has 138 valence electrons. The smallest absolute Gasteiger partial charge is 0.239 e. The number of fused-ring (bicyclic) bond motifs is 3. The molecule has 1 fully saturated rings. The lowest BCUT2D eigenvalue weighted by Crippen LogP contribution is -2.37. The lowest BCUT2D eigenvalue weighted by atomic mass is 10.1. The first-order chi connectivity index (χ1) is 13.1. The van der Waals surface area contributed by atoms with E-state index in [4.69, 9.17) is 9.15 Å². The summed E-state index contributed by atoms with van der Waals surface area (Å²) < 4.78 is 11.5. The Kier molecular flexibility index (Phi) is 4.32. The molecule has 1 atom stereocenters. The van der Waals surface area contributed by atoms with Crippen molar-refractivity contribution in [3.8, 4) is 5.75 Å². The van der Waals surface area contributed by atoms with Crippen LogP contribution in [-0.2, 0) is 9.59 Å². The molecule has 1 unspecified atom stereocenters. The van der Waals surface area contributed by atoms with Crippen molar-refractivity contribution < 1.29 is 18.7 Å². The van der Waals surface area contributed by atoms with E-state index in [1.54, 1.807) is 18.1 Å². The zero-order valence-electron chi connectivity index (χ0n) is 15.0. The molecule has 2 amide bonds. The molecule has 3 aromatic rings. The normalized spacial score (nSPS) is 16.9. The van der Waals surface area contributed by atoms with Crippen molar-refractivity contribution >= 4 is 39.4 Å². The maximum atomic E-state index is 12.8. The number of hydrogen-bond acceptors (Lipinski definition) is 4. The van der Waals surface area contributed by atoms with Crippen LogP contribution in [0, 0.1) is 5.92 Å². The minimum absolute atomic E-state index is 0.231. The molecule has 0 bridgehead atoms. The highest BCUT2D eigenvalue weighted by atomic mass is 16.5. The van der Waals surface area contributed by atoms with E-state index in [2.05, 4.69) is 11.9 Å². The summed E-state index contributed by atoms with van der Waals surface area (Å²) in [6.07, 6.45) is 2.05. The fourth-order valence-electron chi connectivity index (χ4n) is 3.57. The number of hydrogen-bond donors (Lipinski definition) is 1. The van der Waals surface area contributed by atoms with Crippen molar-refractivity contribution in [2.45, 2.75) is 6.42 Å². The molecular weight excluding hydrogens is 344 g/mol. The van der Waals surface area contributed by atoms with Crippen molar-refractivity contribution in [1.82, 2.24) is 5.32 Å². The number of anilines is 1. The van der Waals surface area contributed by atoms with Crippen LogP contribution in [0.2, 0.25) is 0 Å². The van der Waals surface area contributed by atoms with Crippen LogP contribution in [0.4, 0.5) is 5.69 Å². The topological polar surface area (TPSA) is 71.8 Å². The Hall–Kier alpha value is -3.28. The van der Waals surface area contributed by atoms with E-state index < -0.39 is 5.92 Å². The SMILES string of the molecule is C=CCNC(=O)C1CCN(c2cc3oc4ccccc4c3cc2OC)C1=O. The summed E-state index contributed by atoms with van der Waals surface area (Å²) in [6.45, 7) is 4.37. The van der Waals surface area contributed by atoms with Gasteiger partial charge >= 0.3 is 0 Å². The van der Waals surface area contributed by atoms with Crippen molar-refractivity contribution in [3.63, 3.8) is 0 Å². The summed E-state index contributed by atoms with van der Waals surface area (Å²) in [5.41, 5.74) is 2.08. The molecule has 27 heavy (non-hydrogen) atoms. The van der Waals surface area contributed by atoms with E-state index in [0.29, 0.717) is 36.5 Å². The number of para-hydroxylation sites is 1. The first-order valence-corrected chi connectivity index (χ1v) is 8.83. The fraction of sp³-hybridized carbons (Fsp3) is 0.238. The molecule has 0 radical (unpaired) electrons. The van der Waals surface area contributed by atoms with Gasteiger partial charge < -0.3 is 19.4 Å². The van der Waals surface area contributed by atoms with Crippen LogP contribution in [0.15, 0.2) is 53.5 Å². The molecule has 6 heteroatoms. The second kappa shape index (κ2) is 6.79. The van der Waals surface area contributed by atoms with E-state index in [-0.39, 0.29) is 11.8 Å². The third-order valence-electron chi connectivity index (χ3n) is 4.91. The van der Waals surface area contributed by atoms with Crippen LogP contribution in [0.3, 0.4) is 0 Å². The summed E-state index contributed by atoms with van der Waals surface area (Å²) in [4.78, 5) is 26.7.